The van der Waals surface area contributed by atoms with Crippen LogP contribution >= 0.6 is 11.6 Å². The van der Waals surface area contributed by atoms with E-state index in [0.717, 1.165) is 17.8 Å². The lowest BCUT2D eigenvalue weighted by atomic mass is 9.48. The highest BCUT2D eigenvalue weighted by Crippen LogP contribution is 2.60. The number of amides is 1. The minimum absolute atomic E-state index is 0.0877. The standard InChI is InChI=1S/C29H37ClN2O4S/c1-4-32(5-2)37(34,35)25-10-11-26(30)27(15-25)31-28(33)19(3)36-24-8-6-23(7-9-24)29-16-20-12-21(17-29)14-22(13-20)18-29/h6-11,15,19-22H,4-5,12-14,16-18H2,1-3H3,(H,31,33)/t19-,20?,21?,22?,29?/m0/s1. The van der Waals surface area contributed by atoms with Crippen molar-refractivity contribution in [3.63, 3.8) is 0 Å². The molecule has 8 heteroatoms. The molecule has 2 aromatic carbocycles. The Bertz CT molecular complexity index is 1220. The zero-order valence-electron chi connectivity index (χ0n) is 21.9. The monoisotopic (exact) mass is 544 g/mol. The highest BCUT2D eigenvalue weighted by atomic mass is 35.5. The number of ether oxygens (including phenoxy) is 1. The highest BCUT2D eigenvalue weighted by Gasteiger charge is 2.51. The maximum absolute atomic E-state index is 12.9. The van der Waals surface area contributed by atoms with Gasteiger partial charge in [0.2, 0.25) is 10.0 Å². The average molecular weight is 545 g/mol. The van der Waals surface area contributed by atoms with Crippen molar-refractivity contribution in [2.24, 2.45) is 17.8 Å². The summed E-state index contributed by atoms with van der Waals surface area (Å²) in [6, 6.07) is 12.7. The van der Waals surface area contributed by atoms with E-state index in [4.69, 9.17) is 16.3 Å². The van der Waals surface area contributed by atoms with Crippen LogP contribution in [0.5, 0.6) is 5.75 Å². The normalized spacial score (nSPS) is 27.3. The minimum Gasteiger partial charge on any atom is -0.481 e. The van der Waals surface area contributed by atoms with Gasteiger partial charge in [-0.25, -0.2) is 8.42 Å². The SMILES string of the molecule is CCN(CC)S(=O)(=O)c1ccc(Cl)c(NC(=O)[C@H](C)Oc2ccc(C34CC5CC(CC(C5)C3)C4)cc2)c1. The van der Waals surface area contributed by atoms with Gasteiger partial charge in [-0.3, -0.25) is 4.79 Å². The number of benzene rings is 2. The molecule has 0 aliphatic heterocycles. The van der Waals surface area contributed by atoms with Crippen molar-refractivity contribution >= 4 is 33.2 Å². The van der Waals surface area contributed by atoms with Crippen LogP contribution in [0.25, 0.3) is 0 Å². The van der Waals surface area contributed by atoms with E-state index in [-0.39, 0.29) is 15.6 Å². The molecule has 2 aromatic rings. The number of hydrogen-bond acceptors (Lipinski definition) is 4. The van der Waals surface area contributed by atoms with Crippen molar-refractivity contribution in [2.75, 3.05) is 18.4 Å². The molecule has 6 nitrogen and oxygen atoms in total. The van der Waals surface area contributed by atoms with Gasteiger partial charge in [-0.2, -0.15) is 4.31 Å². The van der Waals surface area contributed by atoms with E-state index in [0.29, 0.717) is 24.3 Å². The van der Waals surface area contributed by atoms with Gasteiger partial charge < -0.3 is 10.1 Å². The van der Waals surface area contributed by atoms with Gasteiger partial charge in [-0.05, 0) is 105 Å². The summed E-state index contributed by atoms with van der Waals surface area (Å²) < 4.78 is 33.1. The smallest absolute Gasteiger partial charge is 0.265 e. The van der Waals surface area contributed by atoms with Crippen molar-refractivity contribution in [1.29, 1.82) is 0 Å². The van der Waals surface area contributed by atoms with Crippen molar-refractivity contribution in [1.82, 2.24) is 4.31 Å². The number of sulfonamides is 1. The lowest BCUT2D eigenvalue weighted by Gasteiger charge is -2.57. The summed E-state index contributed by atoms with van der Waals surface area (Å²) in [5.41, 5.74) is 1.98. The van der Waals surface area contributed by atoms with Gasteiger partial charge in [-0.15, -0.1) is 0 Å². The number of halogens is 1. The number of anilines is 1. The molecule has 4 saturated carbocycles. The summed E-state index contributed by atoms with van der Waals surface area (Å²) in [6.07, 6.45) is 7.39. The maximum Gasteiger partial charge on any atom is 0.265 e. The second kappa shape index (κ2) is 10.2. The zero-order chi connectivity index (χ0) is 26.4. The van der Waals surface area contributed by atoms with E-state index in [1.165, 1.54) is 66.6 Å². The number of nitrogens with zero attached hydrogens (tertiary/aromatic N) is 1. The van der Waals surface area contributed by atoms with E-state index < -0.39 is 22.0 Å². The molecule has 1 amide bonds. The predicted molar refractivity (Wildman–Crippen MR) is 147 cm³/mol. The molecule has 4 aliphatic rings. The van der Waals surface area contributed by atoms with Crippen molar-refractivity contribution in [3.8, 4) is 5.75 Å². The molecule has 0 radical (unpaired) electrons. The topological polar surface area (TPSA) is 75.7 Å². The average Bonchev–Trinajstić information content (AvgIpc) is 2.85. The molecule has 4 bridgehead atoms. The van der Waals surface area contributed by atoms with Crippen LogP contribution in [0.3, 0.4) is 0 Å². The van der Waals surface area contributed by atoms with Gasteiger partial charge in [0.15, 0.2) is 6.10 Å². The Labute approximate surface area is 225 Å². The molecule has 0 spiro atoms. The molecular weight excluding hydrogens is 508 g/mol. The Kier molecular flexibility index (Phi) is 7.33. The fourth-order valence-corrected chi connectivity index (χ4v) is 8.97. The summed E-state index contributed by atoms with van der Waals surface area (Å²) in [6.45, 7) is 5.96. The van der Waals surface area contributed by atoms with Crippen LogP contribution in [-0.2, 0) is 20.2 Å². The Morgan fingerprint density at radius 3 is 2.14 bits per heavy atom. The van der Waals surface area contributed by atoms with Crippen LogP contribution in [0.1, 0.15) is 64.9 Å². The van der Waals surface area contributed by atoms with E-state index in [9.17, 15) is 13.2 Å². The molecule has 200 valence electrons. The molecule has 6 rings (SSSR count). The summed E-state index contributed by atoms with van der Waals surface area (Å²) in [5.74, 6) is 2.90. The molecule has 37 heavy (non-hydrogen) atoms. The first-order valence-electron chi connectivity index (χ1n) is 13.5. The molecule has 4 fully saturated rings. The van der Waals surface area contributed by atoms with Gasteiger partial charge in [0.1, 0.15) is 5.75 Å². The third-order valence-corrected chi connectivity index (χ3v) is 11.1. The third-order valence-electron chi connectivity index (χ3n) is 8.73. The quantitative estimate of drug-likeness (QED) is 0.405. The van der Waals surface area contributed by atoms with Crippen LogP contribution < -0.4 is 10.1 Å². The molecule has 0 saturated heterocycles. The number of carbonyl (C=O) groups is 1. The number of rotatable bonds is 9. The van der Waals surface area contributed by atoms with Crippen LogP contribution in [0.15, 0.2) is 47.4 Å². The molecular formula is C29H37ClN2O4S. The first-order chi connectivity index (χ1) is 17.6. The fourth-order valence-electron chi connectivity index (χ4n) is 7.32. The van der Waals surface area contributed by atoms with Gasteiger partial charge >= 0.3 is 0 Å². The Hall–Kier alpha value is -2.09. The van der Waals surface area contributed by atoms with E-state index in [1.54, 1.807) is 20.8 Å². The number of nitrogens with one attached hydrogen (secondary N) is 1. The van der Waals surface area contributed by atoms with Gasteiger partial charge in [0.05, 0.1) is 15.6 Å². The summed E-state index contributed by atoms with van der Waals surface area (Å²) >= 11 is 6.28. The molecule has 0 heterocycles. The first kappa shape index (κ1) is 26.5. The van der Waals surface area contributed by atoms with Gasteiger partial charge in [0.25, 0.3) is 5.91 Å². The van der Waals surface area contributed by atoms with Crippen LogP contribution in [0.4, 0.5) is 5.69 Å². The van der Waals surface area contributed by atoms with Crippen LogP contribution in [-0.4, -0.2) is 37.8 Å². The molecule has 0 unspecified atom stereocenters. The second-order valence-corrected chi connectivity index (χ2v) is 13.5. The Morgan fingerprint density at radius 1 is 1.03 bits per heavy atom. The van der Waals surface area contributed by atoms with Crippen molar-refractivity contribution in [3.05, 3.63) is 53.1 Å². The van der Waals surface area contributed by atoms with Crippen LogP contribution in [0.2, 0.25) is 5.02 Å². The summed E-state index contributed by atoms with van der Waals surface area (Å²) in [4.78, 5) is 13.0. The van der Waals surface area contributed by atoms with Crippen LogP contribution in [0, 0.1) is 17.8 Å². The molecule has 4 aliphatic carbocycles. The Morgan fingerprint density at radius 2 is 1.59 bits per heavy atom. The first-order valence-corrected chi connectivity index (χ1v) is 15.3. The molecule has 1 atom stereocenters. The van der Waals surface area contributed by atoms with Crippen molar-refractivity contribution in [2.45, 2.75) is 75.7 Å². The zero-order valence-corrected chi connectivity index (χ0v) is 23.4. The Balaban J connectivity index is 1.25. The number of carbonyl (C=O) groups excluding carboxylic acids is 1. The summed E-state index contributed by atoms with van der Waals surface area (Å²) in [7, 11) is -3.67. The predicted octanol–water partition coefficient (Wildman–Crippen LogP) is 6.24. The highest BCUT2D eigenvalue weighted by molar-refractivity contribution is 7.89. The van der Waals surface area contributed by atoms with Crippen molar-refractivity contribution < 1.29 is 17.9 Å². The van der Waals surface area contributed by atoms with Gasteiger partial charge in [0, 0.05) is 13.1 Å². The largest absolute Gasteiger partial charge is 0.481 e. The number of hydrogen-bond donors (Lipinski definition) is 1. The minimum atomic E-state index is -3.67. The lowest BCUT2D eigenvalue weighted by Crippen LogP contribution is -2.48. The maximum atomic E-state index is 12.9. The molecule has 1 N–H and O–H groups in total. The van der Waals surface area contributed by atoms with Gasteiger partial charge in [-0.1, -0.05) is 37.6 Å². The van der Waals surface area contributed by atoms with E-state index in [2.05, 4.69) is 17.4 Å². The van der Waals surface area contributed by atoms with E-state index >= 15 is 0 Å². The lowest BCUT2D eigenvalue weighted by molar-refractivity contribution is -0.122. The second-order valence-electron chi connectivity index (χ2n) is 11.2. The molecule has 0 aromatic heterocycles. The fraction of sp³-hybridized carbons (Fsp3) is 0.552. The summed E-state index contributed by atoms with van der Waals surface area (Å²) in [5, 5.41) is 3.00. The van der Waals surface area contributed by atoms with E-state index in [1.807, 2.05) is 12.1 Å². The third kappa shape index (κ3) is 5.15.